The van der Waals surface area contributed by atoms with Gasteiger partial charge in [-0.05, 0) is 26.3 Å². The molecule has 0 fully saturated rings. The Morgan fingerprint density at radius 2 is 1.94 bits per heavy atom. The van der Waals surface area contributed by atoms with Crippen molar-refractivity contribution in [3.63, 3.8) is 0 Å². The summed E-state index contributed by atoms with van der Waals surface area (Å²) in [7, 11) is 1.35. The van der Waals surface area contributed by atoms with E-state index in [1.54, 1.807) is 13.8 Å². The first-order valence-electron chi connectivity index (χ1n) is 5.48. The van der Waals surface area contributed by atoms with Gasteiger partial charge in [-0.2, -0.15) is 0 Å². The van der Waals surface area contributed by atoms with Gasteiger partial charge in [0.1, 0.15) is 6.04 Å². The van der Waals surface area contributed by atoms with Gasteiger partial charge in [-0.25, -0.2) is 0 Å². The van der Waals surface area contributed by atoms with Crippen LogP contribution in [0.3, 0.4) is 0 Å². The van der Waals surface area contributed by atoms with Gasteiger partial charge in [0.15, 0.2) is 0 Å². The summed E-state index contributed by atoms with van der Waals surface area (Å²) in [5.41, 5.74) is 0. The van der Waals surface area contributed by atoms with E-state index < -0.39 is 0 Å². The van der Waals surface area contributed by atoms with Gasteiger partial charge in [-0.1, -0.05) is 6.92 Å². The molecule has 1 unspecified atom stereocenters. The molecule has 0 saturated carbocycles. The number of carbonyl (C=O) groups is 2. The Kier molecular flexibility index (Phi) is 7.54. The predicted octanol–water partition coefficient (Wildman–Crippen LogP) is 0.727. The van der Waals surface area contributed by atoms with Crippen molar-refractivity contribution in [1.82, 2.24) is 5.32 Å². The van der Waals surface area contributed by atoms with Crippen molar-refractivity contribution < 1.29 is 19.1 Å². The van der Waals surface area contributed by atoms with Gasteiger partial charge < -0.3 is 14.8 Å². The van der Waals surface area contributed by atoms with E-state index in [2.05, 4.69) is 10.1 Å². The van der Waals surface area contributed by atoms with Crippen molar-refractivity contribution in [2.75, 3.05) is 20.3 Å². The Bertz CT molecular complexity index is 230. The number of carbonyl (C=O) groups excluding carboxylic acids is 2. The minimum absolute atomic E-state index is 0.131. The maximum Gasteiger partial charge on any atom is 0.322 e. The summed E-state index contributed by atoms with van der Waals surface area (Å²) in [6.45, 7) is 6.41. The van der Waals surface area contributed by atoms with Crippen LogP contribution in [0.15, 0.2) is 0 Å². The van der Waals surface area contributed by atoms with Crippen LogP contribution in [0.2, 0.25) is 0 Å². The smallest absolute Gasteiger partial charge is 0.322 e. The van der Waals surface area contributed by atoms with E-state index in [-0.39, 0.29) is 23.9 Å². The van der Waals surface area contributed by atoms with Gasteiger partial charge in [0.05, 0.1) is 13.7 Å². The Morgan fingerprint density at radius 3 is 2.44 bits per heavy atom. The van der Waals surface area contributed by atoms with Crippen LogP contribution in [0.1, 0.15) is 27.2 Å². The summed E-state index contributed by atoms with van der Waals surface area (Å²) in [6.07, 6.45) is 0.356. The summed E-state index contributed by atoms with van der Waals surface area (Å²) in [6, 6.07) is -0.352. The van der Waals surface area contributed by atoms with Gasteiger partial charge >= 0.3 is 11.9 Å². The lowest BCUT2D eigenvalue weighted by atomic mass is 10.1. The highest BCUT2D eigenvalue weighted by molar-refractivity contribution is 5.75. The Morgan fingerprint density at radius 1 is 1.31 bits per heavy atom. The van der Waals surface area contributed by atoms with Crippen molar-refractivity contribution in [3.05, 3.63) is 0 Å². The summed E-state index contributed by atoms with van der Waals surface area (Å²) in [5, 5.41) is 3.00. The van der Waals surface area contributed by atoms with E-state index in [1.807, 2.05) is 6.92 Å². The van der Waals surface area contributed by atoms with Gasteiger partial charge in [-0.15, -0.1) is 0 Å². The molecule has 0 aliphatic rings. The van der Waals surface area contributed by atoms with E-state index in [9.17, 15) is 9.59 Å². The van der Waals surface area contributed by atoms with Crippen molar-refractivity contribution >= 4 is 11.9 Å². The predicted molar refractivity (Wildman–Crippen MR) is 59.9 cm³/mol. The summed E-state index contributed by atoms with van der Waals surface area (Å²) in [5.74, 6) is -0.378. The number of methoxy groups -OCH3 is 1. The first kappa shape index (κ1) is 14.9. The molecular formula is C11H21NO4. The van der Waals surface area contributed by atoms with Gasteiger partial charge in [0, 0.05) is 6.42 Å². The van der Waals surface area contributed by atoms with Gasteiger partial charge in [-0.3, -0.25) is 9.59 Å². The molecule has 0 aliphatic carbocycles. The van der Waals surface area contributed by atoms with Crippen molar-refractivity contribution in [2.45, 2.75) is 33.2 Å². The topological polar surface area (TPSA) is 64.6 Å². The third kappa shape index (κ3) is 6.40. The van der Waals surface area contributed by atoms with Crippen LogP contribution in [0.5, 0.6) is 0 Å². The minimum Gasteiger partial charge on any atom is -0.468 e. The molecule has 5 heteroatoms. The van der Waals surface area contributed by atoms with Crippen molar-refractivity contribution in [2.24, 2.45) is 5.92 Å². The fourth-order valence-corrected chi connectivity index (χ4v) is 1.21. The zero-order chi connectivity index (χ0) is 12.6. The molecule has 0 heterocycles. The summed E-state index contributed by atoms with van der Waals surface area (Å²) < 4.78 is 9.40. The standard InChI is InChI=1S/C11H21NO4/c1-5-16-10(13)6-8(2)7-12-9(3)11(14)15-4/h8-9,12H,5-7H2,1-4H3/t8?,9-/m1/s1. The molecule has 0 aromatic heterocycles. The molecule has 1 N–H and O–H groups in total. The molecule has 0 aromatic carbocycles. The number of esters is 2. The monoisotopic (exact) mass is 231 g/mol. The lowest BCUT2D eigenvalue weighted by molar-refractivity contribution is -0.144. The summed E-state index contributed by atoms with van der Waals surface area (Å²) in [4.78, 5) is 22.2. The third-order valence-corrected chi connectivity index (χ3v) is 2.15. The minimum atomic E-state index is -0.352. The number of ether oxygens (including phenoxy) is 2. The molecule has 0 amide bonds. The van der Waals surface area contributed by atoms with E-state index in [0.29, 0.717) is 19.6 Å². The van der Waals surface area contributed by atoms with Crippen LogP contribution in [0.25, 0.3) is 0 Å². The molecule has 0 bridgehead atoms. The fraction of sp³-hybridized carbons (Fsp3) is 0.818. The lowest BCUT2D eigenvalue weighted by Gasteiger charge is -2.15. The van der Waals surface area contributed by atoms with Crippen LogP contribution in [-0.4, -0.2) is 38.2 Å². The fourth-order valence-electron chi connectivity index (χ4n) is 1.21. The second kappa shape index (κ2) is 8.10. The Hall–Kier alpha value is -1.10. The SMILES string of the molecule is CCOC(=O)CC(C)CN[C@H](C)C(=O)OC. The number of hydrogen-bond acceptors (Lipinski definition) is 5. The normalized spacial score (nSPS) is 14.0. The van der Waals surface area contributed by atoms with Crippen LogP contribution < -0.4 is 5.32 Å². The van der Waals surface area contributed by atoms with E-state index in [1.165, 1.54) is 7.11 Å². The first-order valence-corrected chi connectivity index (χ1v) is 5.48. The van der Waals surface area contributed by atoms with Crippen LogP contribution in [0.4, 0.5) is 0 Å². The summed E-state index contributed by atoms with van der Waals surface area (Å²) >= 11 is 0. The van der Waals surface area contributed by atoms with Crippen molar-refractivity contribution in [1.29, 1.82) is 0 Å². The average molecular weight is 231 g/mol. The Balaban J connectivity index is 3.76. The first-order chi connectivity index (χ1) is 7.51. The maximum atomic E-state index is 11.1. The number of nitrogens with one attached hydrogen (secondary N) is 1. The van der Waals surface area contributed by atoms with Crippen LogP contribution >= 0.6 is 0 Å². The van der Waals surface area contributed by atoms with Crippen LogP contribution in [-0.2, 0) is 19.1 Å². The molecule has 0 aliphatic heterocycles. The van der Waals surface area contributed by atoms with E-state index >= 15 is 0 Å². The zero-order valence-corrected chi connectivity index (χ0v) is 10.4. The second-order valence-corrected chi connectivity index (χ2v) is 3.77. The zero-order valence-electron chi connectivity index (χ0n) is 10.4. The molecule has 0 saturated heterocycles. The second-order valence-electron chi connectivity index (χ2n) is 3.77. The highest BCUT2D eigenvalue weighted by Gasteiger charge is 2.15. The molecule has 2 atom stereocenters. The van der Waals surface area contributed by atoms with Gasteiger partial charge in [0.2, 0.25) is 0 Å². The highest BCUT2D eigenvalue weighted by Crippen LogP contribution is 2.02. The maximum absolute atomic E-state index is 11.1. The van der Waals surface area contributed by atoms with E-state index in [0.717, 1.165) is 0 Å². The molecule has 0 spiro atoms. The Labute approximate surface area is 96.5 Å². The highest BCUT2D eigenvalue weighted by atomic mass is 16.5. The molecule has 0 rings (SSSR count). The van der Waals surface area contributed by atoms with E-state index in [4.69, 9.17) is 4.74 Å². The molecule has 94 valence electrons. The van der Waals surface area contributed by atoms with Crippen LogP contribution in [0, 0.1) is 5.92 Å². The quantitative estimate of drug-likeness (QED) is 0.654. The molecule has 16 heavy (non-hydrogen) atoms. The molecule has 5 nitrogen and oxygen atoms in total. The molecular weight excluding hydrogens is 210 g/mol. The number of rotatable bonds is 7. The number of hydrogen-bond donors (Lipinski definition) is 1. The lowest BCUT2D eigenvalue weighted by Crippen LogP contribution is -2.37. The third-order valence-electron chi connectivity index (χ3n) is 2.15. The largest absolute Gasteiger partial charge is 0.468 e. The van der Waals surface area contributed by atoms with Gasteiger partial charge in [0.25, 0.3) is 0 Å². The van der Waals surface area contributed by atoms with Crippen molar-refractivity contribution in [3.8, 4) is 0 Å². The average Bonchev–Trinajstić information content (AvgIpc) is 2.24. The molecule has 0 aromatic rings. The molecule has 0 radical (unpaired) electrons.